The van der Waals surface area contributed by atoms with Crippen molar-refractivity contribution in [3.63, 3.8) is 0 Å². The van der Waals surface area contributed by atoms with Gasteiger partial charge in [-0.15, -0.1) is 0 Å². The fraction of sp³-hybridized carbons (Fsp3) is 0.355. The van der Waals surface area contributed by atoms with Crippen LogP contribution in [0.15, 0.2) is 54.6 Å². The minimum atomic E-state index is -1.75. The molecule has 1 fully saturated rings. The smallest absolute Gasteiger partial charge is 0.336 e. The van der Waals surface area contributed by atoms with Gasteiger partial charge in [-0.1, -0.05) is 48.3 Å². The number of methoxy groups -OCH3 is 1. The standard InChI is InChI=1S/C31H30Cl2FNO6/c1-3-30(39,19-10-12-41-13-11-19)21-14-25-27(26(34)15-21)31(40-2,20-5-8-22(32)9-6-20)35(28(25)36)17-18-4-7-23(33)16-24(18)29(37)38/h4-9,14-16,19,39H,3,10-13,17H2,1-2H3,(H,37,38)/t30-,31-/m1/s1. The third kappa shape index (κ3) is 4.91. The molecule has 216 valence electrons. The molecule has 0 bridgehead atoms. The Bertz CT molecular complexity index is 1490. The lowest BCUT2D eigenvalue weighted by Gasteiger charge is -2.39. The number of carboxylic acids is 1. The van der Waals surface area contributed by atoms with E-state index in [0.29, 0.717) is 48.6 Å². The molecule has 5 rings (SSSR count). The predicted octanol–water partition coefficient (Wildman–Crippen LogP) is 6.36. The van der Waals surface area contributed by atoms with E-state index >= 15 is 4.39 Å². The van der Waals surface area contributed by atoms with Gasteiger partial charge in [-0.2, -0.15) is 0 Å². The molecule has 10 heteroatoms. The topological polar surface area (TPSA) is 96.3 Å². The summed E-state index contributed by atoms with van der Waals surface area (Å²) < 4.78 is 28.0. The number of amides is 1. The molecule has 1 amide bonds. The molecule has 2 aliphatic rings. The number of rotatable bonds is 8. The molecular weight excluding hydrogens is 572 g/mol. The number of halogens is 3. The van der Waals surface area contributed by atoms with Gasteiger partial charge in [0, 0.05) is 35.9 Å². The molecule has 0 radical (unpaired) electrons. The van der Waals surface area contributed by atoms with Crippen LogP contribution in [0.25, 0.3) is 0 Å². The van der Waals surface area contributed by atoms with E-state index in [1.54, 1.807) is 30.3 Å². The van der Waals surface area contributed by atoms with Crippen molar-refractivity contribution in [2.45, 2.75) is 44.1 Å². The molecule has 3 aromatic carbocycles. The van der Waals surface area contributed by atoms with E-state index in [2.05, 4.69) is 0 Å². The summed E-state index contributed by atoms with van der Waals surface area (Å²) in [6.45, 7) is 2.58. The summed E-state index contributed by atoms with van der Waals surface area (Å²) in [6.07, 6.45) is 1.52. The van der Waals surface area contributed by atoms with Crippen LogP contribution in [0.1, 0.15) is 69.2 Å². The van der Waals surface area contributed by atoms with E-state index in [1.807, 2.05) is 6.92 Å². The normalized spacial score (nSPS) is 20.6. The first kappa shape index (κ1) is 29.5. The van der Waals surface area contributed by atoms with Gasteiger partial charge in [-0.25, -0.2) is 9.18 Å². The van der Waals surface area contributed by atoms with Gasteiger partial charge in [-0.05, 0) is 72.7 Å². The van der Waals surface area contributed by atoms with Gasteiger partial charge >= 0.3 is 5.97 Å². The second kappa shape index (κ2) is 11.3. The number of carboxylic acid groups (broad SMARTS) is 1. The number of nitrogens with zero attached hydrogens (tertiary/aromatic N) is 1. The molecule has 41 heavy (non-hydrogen) atoms. The maximum absolute atomic E-state index is 16.4. The number of aromatic carboxylic acids is 1. The molecule has 0 aromatic heterocycles. The van der Waals surface area contributed by atoms with E-state index in [0.717, 1.165) is 0 Å². The number of fused-ring (bicyclic) bond motifs is 1. The molecule has 0 unspecified atom stereocenters. The van der Waals surface area contributed by atoms with E-state index in [9.17, 15) is 19.8 Å². The van der Waals surface area contributed by atoms with Crippen molar-refractivity contribution >= 4 is 35.1 Å². The minimum Gasteiger partial charge on any atom is -0.478 e. The van der Waals surface area contributed by atoms with Crippen molar-refractivity contribution < 1.29 is 33.7 Å². The fourth-order valence-electron chi connectivity index (χ4n) is 6.24. The van der Waals surface area contributed by atoms with Gasteiger partial charge in [0.2, 0.25) is 0 Å². The van der Waals surface area contributed by atoms with Crippen molar-refractivity contribution in [1.29, 1.82) is 0 Å². The first-order chi connectivity index (χ1) is 19.6. The average Bonchev–Trinajstić information content (AvgIpc) is 3.22. The van der Waals surface area contributed by atoms with Crippen molar-refractivity contribution in [3.05, 3.63) is 104 Å². The zero-order valence-corrected chi connectivity index (χ0v) is 24.1. The zero-order valence-electron chi connectivity index (χ0n) is 22.6. The maximum atomic E-state index is 16.4. The third-order valence-corrected chi connectivity index (χ3v) is 8.87. The lowest BCUT2D eigenvalue weighted by atomic mass is 9.74. The highest BCUT2D eigenvalue weighted by Crippen LogP contribution is 2.49. The molecule has 0 aliphatic carbocycles. The number of carbonyl (C=O) groups excluding carboxylic acids is 1. The van der Waals surface area contributed by atoms with Crippen LogP contribution in [0.3, 0.4) is 0 Å². The second-order valence-corrected chi connectivity index (χ2v) is 11.3. The Balaban J connectivity index is 1.72. The van der Waals surface area contributed by atoms with Crippen molar-refractivity contribution in [2.24, 2.45) is 5.92 Å². The highest BCUT2D eigenvalue weighted by atomic mass is 35.5. The number of hydrogen-bond donors (Lipinski definition) is 2. The number of benzene rings is 3. The molecule has 3 aromatic rings. The summed E-state index contributed by atoms with van der Waals surface area (Å²) >= 11 is 12.2. The molecule has 2 atom stereocenters. The molecule has 1 saturated heterocycles. The van der Waals surface area contributed by atoms with E-state index in [4.69, 9.17) is 32.7 Å². The molecule has 0 spiro atoms. The lowest BCUT2D eigenvalue weighted by molar-refractivity contribution is -0.0884. The van der Waals surface area contributed by atoms with Crippen LogP contribution in [-0.2, 0) is 27.3 Å². The summed E-state index contributed by atoms with van der Waals surface area (Å²) in [5.41, 5.74) is -2.21. The van der Waals surface area contributed by atoms with Gasteiger partial charge in [-0.3, -0.25) is 9.69 Å². The van der Waals surface area contributed by atoms with Gasteiger partial charge in [0.05, 0.1) is 28.8 Å². The van der Waals surface area contributed by atoms with Gasteiger partial charge < -0.3 is 19.7 Å². The summed E-state index contributed by atoms with van der Waals surface area (Å²) in [6, 6.07) is 13.7. The average molecular weight is 602 g/mol. The molecule has 0 saturated carbocycles. The Hall–Kier alpha value is -3.01. The van der Waals surface area contributed by atoms with Crippen LogP contribution in [0.4, 0.5) is 4.39 Å². The van der Waals surface area contributed by atoms with Gasteiger partial charge in [0.1, 0.15) is 5.82 Å². The SMILES string of the molecule is CC[C@](O)(c1cc(F)c2c(c1)C(=O)N(Cc1ccc(Cl)cc1C(=O)O)[C@@]2(OC)c1ccc(Cl)cc1)C1CCOCC1. The van der Waals surface area contributed by atoms with Crippen LogP contribution < -0.4 is 0 Å². The van der Waals surface area contributed by atoms with Crippen molar-refractivity contribution in [1.82, 2.24) is 4.90 Å². The molecule has 7 nitrogen and oxygen atoms in total. The summed E-state index contributed by atoms with van der Waals surface area (Å²) in [4.78, 5) is 27.6. The Morgan fingerprint density at radius 2 is 1.78 bits per heavy atom. The highest BCUT2D eigenvalue weighted by Gasteiger charge is 2.54. The third-order valence-electron chi connectivity index (χ3n) is 8.38. The van der Waals surface area contributed by atoms with Crippen LogP contribution in [0.2, 0.25) is 10.0 Å². The minimum absolute atomic E-state index is 0.0210. The number of hydrogen-bond acceptors (Lipinski definition) is 5. The van der Waals surface area contributed by atoms with Crippen LogP contribution in [0, 0.1) is 11.7 Å². The number of ether oxygens (including phenoxy) is 2. The molecular formula is C31H30Cl2FNO6. The summed E-state index contributed by atoms with van der Waals surface area (Å²) in [5, 5.41) is 22.4. The largest absolute Gasteiger partial charge is 0.478 e. The highest BCUT2D eigenvalue weighted by molar-refractivity contribution is 6.31. The maximum Gasteiger partial charge on any atom is 0.336 e. The molecule has 2 heterocycles. The summed E-state index contributed by atoms with van der Waals surface area (Å²) in [7, 11) is 1.36. The van der Waals surface area contributed by atoms with Crippen molar-refractivity contribution in [2.75, 3.05) is 20.3 Å². The van der Waals surface area contributed by atoms with E-state index in [-0.39, 0.29) is 39.7 Å². The van der Waals surface area contributed by atoms with Gasteiger partial charge in [0.15, 0.2) is 5.72 Å². The van der Waals surface area contributed by atoms with Crippen molar-refractivity contribution in [3.8, 4) is 0 Å². The molecule has 2 aliphatic heterocycles. The van der Waals surface area contributed by atoms with Crippen LogP contribution in [0.5, 0.6) is 0 Å². The zero-order chi connectivity index (χ0) is 29.5. The van der Waals surface area contributed by atoms with Crippen LogP contribution >= 0.6 is 23.2 Å². The number of carbonyl (C=O) groups is 2. The monoisotopic (exact) mass is 601 g/mol. The first-order valence-corrected chi connectivity index (χ1v) is 14.1. The number of aliphatic hydroxyl groups is 1. The molecule has 2 N–H and O–H groups in total. The van der Waals surface area contributed by atoms with Crippen LogP contribution in [-0.4, -0.2) is 47.3 Å². The Kier molecular flexibility index (Phi) is 8.16. The predicted molar refractivity (Wildman–Crippen MR) is 152 cm³/mol. The Labute approximate surface area is 247 Å². The summed E-state index contributed by atoms with van der Waals surface area (Å²) in [5.74, 6) is -2.70. The van der Waals surface area contributed by atoms with E-state index < -0.39 is 29.0 Å². The van der Waals surface area contributed by atoms with E-state index in [1.165, 1.54) is 36.3 Å². The second-order valence-electron chi connectivity index (χ2n) is 10.4. The van der Waals surface area contributed by atoms with Gasteiger partial charge in [0.25, 0.3) is 5.91 Å². The Morgan fingerprint density at radius 3 is 2.39 bits per heavy atom. The Morgan fingerprint density at radius 1 is 1.12 bits per heavy atom. The fourth-order valence-corrected chi connectivity index (χ4v) is 6.54. The first-order valence-electron chi connectivity index (χ1n) is 13.4. The lowest BCUT2D eigenvalue weighted by Crippen LogP contribution is -2.46. The quantitative estimate of drug-likeness (QED) is 0.312.